The first-order valence-corrected chi connectivity index (χ1v) is 13.5. The lowest BCUT2D eigenvalue weighted by molar-refractivity contribution is -0.145. The van der Waals surface area contributed by atoms with E-state index in [2.05, 4.69) is 12.2 Å². The quantitative estimate of drug-likeness (QED) is 0.181. The molecule has 6 nitrogen and oxygen atoms in total. The number of furan rings is 1. The summed E-state index contributed by atoms with van der Waals surface area (Å²) in [7, 11) is 0. The van der Waals surface area contributed by atoms with Crippen LogP contribution < -0.4 is 10.1 Å². The number of aryl methyl sites for hydroxylation is 1. The molecule has 0 spiro atoms. The Morgan fingerprint density at radius 1 is 0.875 bits per heavy atom. The zero-order chi connectivity index (χ0) is 27.9. The van der Waals surface area contributed by atoms with Crippen LogP contribution in [0.3, 0.4) is 0 Å². The molecule has 5 aromatic rings. The van der Waals surface area contributed by atoms with E-state index in [1.807, 2.05) is 97.1 Å². The van der Waals surface area contributed by atoms with E-state index in [1.165, 1.54) is 0 Å². The lowest BCUT2D eigenvalue weighted by Crippen LogP contribution is -2.29. The molecule has 0 saturated heterocycles. The van der Waals surface area contributed by atoms with Crippen LogP contribution >= 0.6 is 0 Å². The number of unbranched alkanes of at least 4 members (excludes halogenated alkanes) is 1. The molecule has 5 rings (SSSR count). The number of benzene rings is 4. The molecule has 2 N–H and O–H groups in total. The van der Waals surface area contributed by atoms with Gasteiger partial charge in [0.2, 0.25) is 0 Å². The second-order valence-corrected chi connectivity index (χ2v) is 9.69. The molecule has 0 aliphatic heterocycles. The number of nitrogens with one attached hydrogen (secondary N) is 1. The molecule has 0 bridgehead atoms. The molecule has 1 amide bonds. The molecule has 0 radical (unpaired) electrons. The third-order valence-corrected chi connectivity index (χ3v) is 6.78. The van der Waals surface area contributed by atoms with E-state index in [-0.39, 0.29) is 12.3 Å². The van der Waals surface area contributed by atoms with Crippen molar-refractivity contribution in [1.29, 1.82) is 0 Å². The monoisotopic (exact) mass is 533 g/mol. The first kappa shape index (κ1) is 26.8. The van der Waals surface area contributed by atoms with Gasteiger partial charge in [0.05, 0.1) is 5.56 Å². The van der Waals surface area contributed by atoms with Crippen LogP contribution in [0.1, 0.15) is 41.4 Å². The van der Waals surface area contributed by atoms with Crippen molar-refractivity contribution in [3.8, 4) is 16.9 Å². The highest BCUT2D eigenvalue weighted by molar-refractivity contribution is 6.13. The number of amides is 1. The van der Waals surface area contributed by atoms with Crippen molar-refractivity contribution in [2.24, 2.45) is 0 Å². The fourth-order valence-corrected chi connectivity index (χ4v) is 4.72. The minimum atomic E-state index is -1.02. The summed E-state index contributed by atoms with van der Waals surface area (Å²) >= 11 is 0. The maximum absolute atomic E-state index is 13.3. The van der Waals surface area contributed by atoms with Crippen LogP contribution in [-0.4, -0.2) is 23.1 Å². The molecule has 0 saturated carbocycles. The molecule has 202 valence electrons. The average Bonchev–Trinajstić information content (AvgIpc) is 3.35. The number of carboxylic acid groups (broad SMARTS) is 1. The molecule has 0 aliphatic rings. The molecule has 1 atom stereocenters. The van der Waals surface area contributed by atoms with Crippen molar-refractivity contribution >= 4 is 28.5 Å². The van der Waals surface area contributed by atoms with Crippen molar-refractivity contribution in [2.45, 2.75) is 38.7 Å². The highest BCUT2D eigenvalue weighted by Gasteiger charge is 2.21. The lowest BCUT2D eigenvalue weighted by Gasteiger charge is -2.16. The number of anilines is 1. The van der Waals surface area contributed by atoms with E-state index in [9.17, 15) is 14.7 Å². The minimum Gasteiger partial charge on any atom is -0.478 e. The van der Waals surface area contributed by atoms with Gasteiger partial charge in [-0.1, -0.05) is 86.1 Å². The molecule has 40 heavy (non-hydrogen) atoms. The number of para-hydroxylation sites is 1. The highest BCUT2D eigenvalue weighted by atomic mass is 16.5. The summed E-state index contributed by atoms with van der Waals surface area (Å²) in [5.74, 6) is -0.0273. The maximum atomic E-state index is 13.3. The molecular formula is C34H31NO5. The van der Waals surface area contributed by atoms with Crippen molar-refractivity contribution in [2.75, 3.05) is 5.32 Å². The van der Waals surface area contributed by atoms with Crippen LogP contribution in [0, 0.1) is 0 Å². The van der Waals surface area contributed by atoms with Crippen LogP contribution in [0.5, 0.6) is 5.75 Å². The van der Waals surface area contributed by atoms with Gasteiger partial charge in [0.25, 0.3) is 5.91 Å². The zero-order valence-corrected chi connectivity index (χ0v) is 22.3. The Morgan fingerprint density at radius 3 is 2.38 bits per heavy atom. The number of rotatable bonds is 11. The van der Waals surface area contributed by atoms with Crippen LogP contribution in [0.4, 0.5) is 5.69 Å². The number of aliphatic carboxylic acids is 1. The van der Waals surface area contributed by atoms with E-state index in [0.717, 1.165) is 34.9 Å². The number of fused-ring (bicyclic) bond motifs is 1. The standard InChI is InChI=1S/C34H31NO5/c1-2-3-15-30-32(28-14-7-8-16-29(28)40-30)33(36)35-26-19-17-24(18-20-26)25-12-9-13-27(22-25)39-31(34(37)38)21-23-10-5-4-6-11-23/h4-14,16-20,22,31H,2-3,15,21H2,1H3,(H,35,36)(H,37,38). The third-order valence-electron chi connectivity index (χ3n) is 6.78. The van der Waals surface area contributed by atoms with Gasteiger partial charge in [-0.15, -0.1) is 0 Å². The van der Waals surface area contributed by atoms with Crippen LogP contribution in [0.25, 0.3) is 22.1 Å². The first-order valence-electron chi connectivity index (χ1n) is 13.5. The minimum absolute atomic E-state index is 0.197. The number of hydrogen-bond donors (Lipinski definition) is 2. The lowest BCUT2D eigenvalue weighted by atomic mass is 10.0. The maximum Gasteiger partial charge on any atom is 0.345 e. The fourth-order valence-electron chi connectivity index (χ4n) is 4.72. The van der Waals surface area contributed by atoms with Crippen LogP contribution in [0.2, 0.25) is 0 Å². The number of carbonyl (C=O) groups is 2. The van der Waals surface area contributed by atoms with Gasteiger partial charge in [0.15, 0.2) is 6.10 Å². The highest BCUT2D eigenvalue weighted by Crippen LogP contribution is 2.29. The third kappa shape index (κ3) is 6.24. The van der Waals surface area contributed by atoms with Crippen molar-refractivity contribution in [1.82, 2.24) is 0 Å². The van der Waals surface area contributed by atoms with Gasteiger partial charge in [0, 0.05) is 23.9 Å². The smallest absolute Gasteiger partial charge is 0.345 e. The fraction of sp³-hybridized carbons (Fsp3) is 0.176. The summed E-state index contributed by atoms with van der Waals surface area (Å²) in [6, 6.07) is 31.9. The summed E-state index contributed by atoms with van der Waals surface area (Å²) in [5.41, 5.74) is 4.65. The number of hydrogen-bond acceptors (Lipinski definition) is 4. The molecule has 1 aromatic heterocycles. The van der Waals surface area contributed by atoms with E-state index in [4.69, 9.17) is 9.15 Å². The van der Waals surface area contributed by atoms with Crippen molar-refractivity contribution < 1.29 is 23.8 Å². The topological polar surface area (TPSA) is 88.8 Å². The van der Waals surface area contributed by atoms with Gasteiger partial charge in [0.1, 0.15) is 17.1 Å². The summed E-state index contributed by atoms with van der Waals surface area (Å²) in [5, 5.41) is 13.5. The van der Waals surface area contributed by atoms with Gasteiger partial charge in [-0.25, -0.2) is 4.79 Å². The molecule has 4 aromatic carbocycles. The molecule has 0 fully saturated rings. The number of ether oxygens (including phenoxy) is 1. The molecule has 1 unspecified atom stereocenters. The van der Waals surface area contributed by atoms with Gasteiger partial charge >= 0.3 is 5.97 Å². The molecule has 0 aliphatic carbocycles. The Labute approximate surface area is 233 Å². The Morgan fingerprint density at radius 2 is 1.62 bits per heavy atom. The Balaban J connectivity index is 1.30. The SMILES string of the molecule is CCCCc1oc2ccccc2c1C(=O)Nc1ccc(-c2cccc(OC(Cc3ccccc3)C(=O)O)c2)cc1. The molecule has 1 heterocycles. The normalized spacial score (nSPS) is 11.7. The predicted molar refractivity (Wildman–Crippen MR) is 157 cm³/mol. The number of carbonyl (C=O) groups excluding carboxylic acids is 1. The zero-order valence-electron chi connectivity index (χ0n) is 22.3. The van der Waals surface area contributed by atoms with Crippen LogP contribution in [0.15, 0.2) is 108 Å². The number of carboxylic acids is 1. The van der Waals surface area contributed by atoms with E-state index in [0.29, 0.717) is 34.8 Å². The summed E-state index contributed by atoms with van der Waals surface area (Å²) in [6.07, 6.45) is 1.92. The molecule has 6 heteroatoms. The van der Waals surface area contributed by atoms with E-state index in [1.54, 1.807) is 6.07 Å². The van der Waals surface area contributed by atoms with E-state index < -0.39 is 12.1 Å². The van der Waals surface area contributed by atoms with Gasteiger partial charge in [-0.3, -0.25) is 4.79 Å². The Bertz CT molecular complexity index is 1610. The largest absolute Gasteiger partial charge is 0.478 e. The van der Waals surface area contributed by atoms with Crippen molar-refractivity contribution in [3.05, 3.63) is 120 Å². The second kappa shape index (κ2) is 12.3. The summed E-state index contributed by atoms with van der Waals surface area (Å²) < 4.78 is 11.9. The van der Waals surface area contributed by atoms with Gasteiger partial charge in [-0.2, -0.15) is 0 Å². The molecular weight excluding hydrogens is 502 g/mol. The van der Waals surface area contributed by atoms with Gasteiger partial charge < -0.3 is 19.6 Å². The van der Waals surface area contributed by atoms with Crippen molar-refractivity contribution in [3.63, 3.8) is 0 Å². The van der Waals surface area contributed by atoms with E-state index >= 15 is 0 Å². The Kier molecular flexibility index (Phi) is 8.26. The Hall–Kier alpha value is -4.84. The summed E-state index contributed by atoms with van der Waals surface area (Å²) in [4.78, 5) is 25.2. The van der Waals surface area contributed by atoms with Gasteiger partial charge in [-0.05, 0) is 53.4 Å². The average molecular weight is 534 g/mol. The first-order chi connectivity index (χ1) is 19.5. The second-order valence-electron chi connectivity index (χ2n) is 9.69. The summed E-state index contributed by atoms with van der Waals surface area (Å²) in [6.45, 7) is 2.11. The van der Waals surface area contributed by atoms with Crippen LogP contribution in [-0.2, 0) is 17.6 Å². The predicted octanol–water partition coefficient (Wildman–Crippen LogP) is 7.77.